The Morgan fingerprint density at radius 1 is 1.07 bits per heavy atom. The molecule has 0 aliphatic rings. The molecule has 140 valence electrons. The summed E-state index contributed by atoms with van der Waals surface area (Å²) in [7, 11) is 5.71. The van der Waals surface area contributed by atoms with Crippen molar-refractivity contribution in [2.75, 3.05) is 27.7 Å². The van der Waals surface area contributed by atoms with Crippen LogP contribution in [0.25, 0.3) is 22.9 Å². The molecule has 1 heterocycles. The molecule has 5 nitrogen and oxygen atoms in total. The molecule has 0 aliphatic heterocycles. The molecule has 0 N–H and O–H groups in total. The number of fused-ring (bicyclic) bond motifs is 1. The molecule has 2 aromatic carbocycles. The van der Waals surface area contributed by atoms with Crippen LogP contribution in [0.5, 0.6) is 5.75 Å². The van der Waals surface area contributed by atoms with Gasteiger partial charge in [-0.25, -0.2) is 4.68 Å². The van der Waals surface area contributed by atoms with Crippen molar-refractivity contribution in [3.63, 3.8) is 0 Å². The lowest BCUT2D eigenvalue weighted by molar-refractivity contribution is 0.378. The van der Waals surface area contributed by atoms with E-state index in [1.165, 1.54) is 0 Å². The SMILES string of the molecule is COc1ccc(/C=C/c2ccc3c(=O)n(CCCN(C)C)ncc3c2)cc1. The molecule has 0 atom stereocenters. The number of rotatable bonds is 7. The van der Waals surface area contributed by atoms with Crippen LogP contribution in [-0.4, -0.2) is 42.4 Å². The van der Waals surface area contributed by atoms with Gasteiger partial charge in [0, 0.05) is 11.9 Å². The number of aromatic nitrogens is 2. The number of nitrogens with zero attached hydrogens (tertiary/aromatic N) is 3. The second-order valence-corrected chi connectivity index (χ2v) is 6.78. The van der Waals surface area contributed by atoms with Gasteiger partial charge in [-0.15, -0.1) is 0 Å². The van der Waals surface area contributed by atoms with Gasteiger partial charge in [0.05, 0.1) is 18.7 Å². The van der Waals surface area contributed by atoms with Gasteiger partial charge in [0.25, 0.3) is 5.56 Å². The zero-order valence-corrected chi connectivity index (χ0v) is 16.1. The van der Waals surface area contributed by atoms with E-state index < -0.39 is 0 Å². The van der Waals surface area contributed by atoms with Crippen molar-refractivity contribution in [2.45, 2.75) is 13.0 Å². The van der Waals surface area contributed by atoms with Crippen LogP contribution in [0.4, 0.5) is 0 Å². The predicted molar refractivity (Wildman–Crippen MR) is 111 cm³/mol. The van der Waals surface area contributed by atoms with E-state index in [-0.39, 0.29) is 5.56 Å². The summed E-state index contributed by atoms with van der Waals surface area (Å²) in [5, 5.41) is 5.90. The van der Waals surface area contributed by atoms with Crippen molar-refractivity contribution in [2.24, 2.45) is 0 Å². The van der Waals surface area contributed by atoms with Crippen LogP contribution in [0.15, 0.2) is 53.5 Å². The van der Waals surface area contributed by atoms with E-state index in [1.54, 1.807) is 18.0 Å². The highest BCUT2D eigenvalue weighted by atomic mass is 16.5. The minimum atomic E-state index is -0.0306. The topological polar surface area (TPSA) is 47.4 Å². The van der Waals surface area contributed by atoms with Crippen LogP contribution < -0.4 is 10.3 Å². The van der Waals surface area contributed by atoms with Gasteiger partial charge in [0.1, 0.15) is 5.75 Å². The number of aryl methyl sites for hydroxylation is 1. The maximum absolute atomic E-state index is 12.6. The molecular formula is C22H25N3O2. The summed E-state index contributed by atoms with van der Waals surface area (Å²) in [6.07, 6.45) is 6.74. The minimum absolute atomic E-state index is 0.0306. The van der Waals surface area contributed by atoms with Gasteiger partial charge in [-0.3, -0.25) is 4.79 Å². The van der Waals surface area contributed by atoms with Crippen LogP contribution in [0, 0.1) is 0 Å². The lowest BCUT2D eigenvalue weighted by atomic mass is 10.1. The average molecular weight is 363 g/mol. The van der Waals surface area contributed by atoms with E-state index in [1.807, 2.05) is 68.7 Å². The van der Waals surface area contributed by atoms with E-state index in [4.69, 9.17) is 4.74 Å². The molecule has 5 heteroatoms. The van der Waals surface area contributed by atoms with E-state index in [0.29, 0.717) is 11.9 Å². The van der Waals surface area contributed by atoms with Crippen molar-refractivity contribution >= 4 is 22.9 Å². The first-order valence-electron chi connectivity index (χ1n) is 9.03. The minimum Gasteiger partial charge on any atom is -0.497 e. The smallest absolute Gasteiger partial charge is 0.274 e. The molecule has 0 saturated heterocycles. The van der Waals surface area contributed by atoms with Gasteiger partial charge in [-0.05, 0) is 62.5 Å². The van der Waals surface area contributed by atoms with Gasteiger partial charge in [-0.2, -0.15) is 5.10 Å². The zero-order chi connectivity index (χ0) is 19.2. The van der Waals surface area contributed by atoms with Crippen molar-refractivity contribution in [1.82, 2.24) is 14.7 Å². The third-order valence-corrected chi connectivity index (χ3v) is 4.44. The fraction of sp³-hybridized carbons (Fsp3) is 0.273. The van der Waals surface area contributed by atoms with E-state index >= 15 is 0 Å². The zero-order valence-electron chi connectivity index (χ0n) is 16.1. The average Bonchev–Trinajstić information content (AvgIpc) is 2.68. The quantitative estimate of drug-likeness (QED) is 0.603. The largest absolute Gasteiger partial charge is 0.497 e. The number of benzene rings is 2. The molecule has 0 amide bonds. The molecule has 0 bridgehead atoms. The molecule has 0 fully saturated rings. The Labute approximate surface area is 159 Å². The maximum atomic E-state index is 12.6. The summed E-state index contributed by atoms with van der Waals surface area (Å²) in [4.78, 5) is 14.7. The van der Waals surface area contributed by atoms with Gasteiger partial charge < -0.3 is 9.64 Å². The Hall–Kier alpha value is -2.92. The highest BCUT2D eigenvalue weighted by Gasteiger charge is 2.05. The molecule has 0 aliphatic carbocycles. The summed E-state index contributed by atoms with van der Waals surface area (Å²) in [6, 6.07) is 13.7. The summed E-state index contributed by atoms with van der Waals surface area (Å²) in [6.45, 7) is 1.56. The van der Waals surface area contributed by atoms with Crippen LogP contribution in [0.3, 0.4) is 0 Å². The molecule has 0 unspecified atom stereocenters. The fourth-order valence-electron chi connectivity index (χ4n) is 2.91. The number of methoxy groups -OCH3 is 1. The lowest BCUT2D eigenvalue weighted by Crippen LogP contribution is -2.25. The van der Waals surface area contributed by atoms with Gasteiger partial charge in [0.2, 0.25) is 0 Å². The first-order chi connectivity index (χ1) is 13.1. The highest BCUT2D eigenvalue weighted by Crippen LogP contribution is 2.16. The number of hydrogen-bond acceptors (Lipinski definition) is 4. The molecule has 3 rings (SSSR count). The van der Waals surface area contributed by atoms with Gasteiger partial charge in [-0.1, -0.05) is 30.4 Å². The number of hydrogen-bond donors (Lipinski definition) is 0. The monoisotopic (exact) mass is 363 g/mol. The lowest BCUT2D eigenvalue weighted by Gasteiger charge is -2.10. The Kier molecular flexibility index (Phi) is 6.04. The molecular weight excluding hydrogens is 338 g/mol. The Bertz CT molecular complexity index is 989. The Morgan fingerprint density at radius 3 is 2.48 bits per heavy atom. The normalized spacial score (nSPS) is 11.6. The molecule has 0 radical (unpaired) electrons. The summed E-state index contributed by atoms with van der Waals surface area (Å²) in [5.41, 5.74) is 2.09. The molecule has 1 aromatic heterocycles. The van der Waals surface area contributed by atoms with Crippen molar-refractivity contribution in [3.8, 4) is 5.75 Å². The summed E-state index contributed by atoms with van der Waals surface area (Å²) < 4.78 is 6.73. The van der Waals surface area contributed by atoms with Crippen LogP contribution in [0.2, 0.25) is 0 Å². The molecule has 27 heavy (non-hydrogen) atoms. The van der Waals surface area contributed by atoms with Crippen molar-refractivity contribution in [3.05, 3.63) is 70.1 Å². The second-order valence-electron chi connectivity index (χ2n) is 6.78. The standard InChI is InChI=1S/C22H25N3O2/c1-24(2)13-4-14-25-22(26)21-12-9-18(15-19(21)16-23-25)6-5-17-7-10-20(27-3)11-8-17/h5-12,15-16H,4,13-14H2,1-3H3/b6-5+. The van der Waals surface area contributed by atoms with Crippen LogP contribution in [0.1, 0.15) is 17.5 Å². The third kappa shape index (κ3) is 4.83. The predicted octanol–water partition coefficient (Wildman–Crippen LogP) is 3.53. The summed E-state index contributed by atoms with van der Waals surface area (Å²) in [5.74, 6) is 0.839. The highest BCUT2D eigenvalue weighted by molar-refractivity contribution is 5.84. The molecule has 3 aromatic rings. The first-order valence-corrected chi connectivity index (χ1v) is 9.03. The number of ether oxygens (including phenoxy) is 1. The van der Waals surface area contributed by atoms with E-state index in [0.717, 1.165) is 35.2 Å². The fourth-order valence-corrected chi connectivity index (χ4v) is 2.91. The third-order valence-electron chi connectivity index (χ3n) is 4.44. The van der Waals surface area contributed by atoms with E-state index in [9.17, 15) is 4.79 Å². The maximum Gasteiger partial charge on any atom is 0.274 e. The van der Waals surface area contributed by atoms with Crippen LogP contribution >= 0.6 is 0 Å². The van der Waals surface area contributed by atoms with Crippen LogP contribution in [-0.2, 0) is 6.54 Å². The van der Waals surface area contributed by atoms with Gasteiger partial charge >= 0.3 is 0 Å². The van der Waals surface area contributed by atoms with E-state index in [2.05, 4.69) is 10.00 Å². The van der Waals surface area contributed by atoms with Gasteiger partial charge in [0.15, 0.2) is 0 Å². The van der Waals surface area contributed by atoms with Crippen molar-refractivity contribution in [1.29, 1.82) is 0 Å². The summed E-state index contributed by atoms with van der Waals surface area (Å²) >= 11 is 0. The molecule has 0 spiro atoms. The Balaban J connectivity index is 1.78. The first kappa shape index (κ1) is 18.9. The Morgan fingerprint density at radius 2 is 1.78 bits per heavy atom. The second kappa shape index (κ2) is 8.64. The molecule has 0 saturated carbocycles. The van der Waals surface area contributed by atoms with Crippen molar-refractivity contribution < 1.29 is 4.74 Å².